The van der Waals surface area contributed by atoms with E-state index < -0.39 is 11.5 Å². The van der Waals surface area contributed by atoms with Gasteiger partial charge < -0.3 is 9.84 Å². The summed E-state index contributed by atoms with van der Waals surface area (Å²) in [6.45, 7) is 0.402. The molecule has 0 aliphatic heterocycles. The van der Waals surface area contributed by atoms with E-state index in [4.69, 9.17) is 4.74 Å². The Morgan fingerprint density at radius 3 is 1.73 bits per heavy atom. The van der Waals surface area contributed by atoms with Gasteiger partial charge in [0.1, 0.15) is 5.75 Å². The Morgan fingerprint density at radius 2 is 1.31 bits per heavy atom. The first kappa shape index (κ1) is 18.2. The van der Waals surface area contributed by atoms with Crippen molar-refractivity contribution in [3.05, 3.63) is 102 Å². The van der Waals surface area contributed by atoms with Crippen LogP contribution in [0.4, 0.5) is 0 Å². The standard InChI is InChI=1S/C22H20O3S/c23-16-25-20-13-11-19(12-14-20)22(21(24)15-26,17-7-3-1-4-8-17)18-9-5-2-6-10-18/h1-14,16,21,24,26H,15H2/t21-/m1/s1. The minimum atomic E-state index is -0.788. The van der Waals surface area contributed by atoms with Crippen molar-refractivity contribution in [3.8, 4) is 5.75 Å². The van der Waals surface area contributed by atoms with E-state index in [9.17, 15) is 9.90 Å². The molecule has 132 valence electrons. The summed E-state index contributed by atoms with van der Waals surface area (Å²) < 4.78 is 4.91. The highest BCUT2D eigenvalue weighted by atomic mass is 32.1. The number of rotatable bonds is 7. The van der Waals surface area contributed by atoms with Crippen molar-refractivity contribution in [2.75, 3.05) is 5.75 Å². The Morgan fingerprint density at radius 1 is 0.846 bits per heavy atom. The third-order valence-corrected chi connectivity index (χ3v) is 4.97. The summed E-state index contributed by atoms with van der Waals surface area (Å²) in [5.74, 6) is 0.746. The molecule has 0 aliphatic carbocycles. The number of thiol groups is 1. The topological polar surface area (TPSA) is 46.5 Å². The van der Waals surface area contributed by atoms with Crippen LogP contribution in [0.15, 0.2) is 84.9 Å². The number of aliphatic hydroxyl groups is 1. The van der Waals surface area contributed by atoms with Crippen molar-refractivity contribution >= 4 is 19.1 Å². The molecule has 0 radical (unpaired) electrons. The number of carbonyl (C=O) groups excluding carboxylic acids is 1. The van der Waals surface area contributed by atoms with Crippen LogP contribution in [0.5, 0.6) is 5.75 Å². The number of carbonyl (C=O) groups is 1. The van der Waals surface area contributed by atoms with E-state index in [1.54, 1.807) is 12.1 Å². The maximum Gasteiger partial charge on any atom is 0.298 e. The summed E-state index contributed by atoms with van der Waals surface area (Å²) in [6, 6.07) is 27.0. The SMILES string of the molecule is O=COc1ccc(C(c2ccccc2)(c2ccccc2)[C@H](O)CS)cc1. The second kappa shape index (κ2) is 8.21. The number of hydrogen-bond donors (Lipinski definition) is 2. The highest BCUT2D eigenvalue weighted by Gasteiger charge is 2.42. The molecule has 0 saturated heterocycles. The molecule has 0 aliphatic rings. The third kappa shape index (κ3) is 3.26. The van der Waals surface area contributed by atoms with Gasteiger partial charge in [-0.15, -0.1) is 0 Å². The normalized spacial score (nSPS) is 12.4. The van der Waals surface area contributed by atoms with Crippen LogP contribution in [0.25, 0.3) is 0 Å². The Kier molecular flexibility index (Phi) is 5.76. The lowest BCUT2D eigenvalue weighted by Gasteiger charge is -2.39. The van der Waals surface area contributed by atoms with Gasteiger partial charge in [0, 0.05) is 5.75 Å². The first-order valence-corrected chi connectivity index (χ1v) is 8.97. The summed E-state index contributed by atoms with van der Waals surface area (Å²) in [5.41, 5.74) is 2.05. The average Bonchev–Trinajstić information content (AvgIpc) is 2.71. The molecular weight excluding hydrogens is 344 g/mol. The van der Waals surface area contributed by atoms with Gasteiger partial charge in [-0.3, -0.25) is 4.79 Å². The zero-order chi connectivity index (χ0) is 18.4. The van der Waals surface area contributed by atoms with Crippen molar-refractivity contribution in [2.45, 2.75) is 11.5 Å². The summed E-state index contributed by atoms with van der Waals surface area (Å²) in [5, 5.41) is 11.1. The molecule has 0 spiro atoms. The van der Waals surface area contributed by atoms with Gasteiger partial charge in [-0.2, -0.15) is 12.6 Å². The average molecular weight is 364 g/mol. The van der Waals surface area contributed by atoms with Crippen LogP contribution in [0.3, 0.4) is 0 Å². The van der Waals surface area contributed by atoms with E-state index in [-0.39, 0.29) is 5.75 Å². The lowest BCUT2D eigenvalue weighted by Crippen LogP contribution is -2.43. The Labute approximate surface area is 158 Å². The highest BCUT2D eigenvalue weighted by Crippen LogP contribution is 2.43. The second-order valence-electron chi connectivity index (χ2n) is 5.98. The molecule has 3 aromatic carbocycles. The minimum absolute atomic E-state index is 0.288. The van der Waals surface area contributed by atoms with Crippen LogP contribution < -0.4 is 4.74 Å². The van der Waals surface area contributed by atoms with Gasteiger partial charge in [0.15, 0.2) is 0 Å². The van der Waals surface area contributed by atoms with Gasteiger partial charge in [-0.1, -0.05) is 72.8 Å². The van der Waals surface area contributed by atoms with Crippen molar-refractivity contribution < 1.29 is 14.6 Å². The second-order valence-corrected chi connectivity index (χ2v) is 6.34. The first-order chi connectivity index (χ1) is 12.7. The zero-order valence-electron chi connectivity index (χ0n) is 14.2. The van der Waals surface area contributed by atoms with Crippen molar-refractivity contribution in [1.29, 1.82) is 0 Å². The van der Waals surface area contributed by atoms with Crippen LogP contribution in [0.2, 0.25) is 0 Å². The molecule has 0 amide bonds. The predicted molar refractivity (Wildman–Crippen MR) is 106 cm³/mol. The number of ether oxygens (including phenoxy) is 1. The van der Waals surface area contributed by atoms with Gasteiger partial charge in [0.05, 0.1) is 11.5 Å². The maximum absolute atomic E-state index is 11.1. The van der Waals surface area contributed by atoms with Crippen molar-refractivity contribution in [1.82, 2.24) is 0 Å². The Bertz CT molecular complexity index is 793. The van der Waals surface area contributed by atoms with Crippen LogP contribution >= 0.6 is 12.6 Å². The fourth-order valence-electron chi connectivity index (χ4n) is 3.47. The Balaban J connectivity index is 2.28. The lowest BCUT2D eigenvalue weighted by atomic mass is 9.66. The monoisotopic (exact) mass is 364 g/mol. The van der Waals surface area contributed by atoms with E-state index in [1.165, 1.54) is 0 Å². The van der Waals surface area contributed by atoms with E-state index in [0.717, 1.165) is 16.7 Å². The van der Waals surface area contributed by atoms with Gasteiger partial charge in [-0.25, -0.2) is 0 Å². The smallest absolute Gasteiger partial charge is 0.298 e. The van der Waals surface area contributed by atoms with Crippen LogP contribution in [0.1, 0.15) is 16.7 Å². The molecule has 0 heterocycles. The summed E-state index contributed by atoms with van der Waals surface area (Å²) in [7, 11) is 0. The van der Waals surface area contributed by atoms with E-state index >= 15 is 0 Å². The predicted octanol–water partition coefficient (Wildman–Crippen LogP) is 3.85. The quantitative estimate of drug-likeness (QED) is 0.380. The van der Waals surface area contributed by atoms with Crippen LogP contribution in [-0.4, -0.2) is 23.4 Å². The molecule has 0 saturated carbocycles. The molecular formula is C22H20O3S. The van der Waals surface area contributed by atoms with E-state index in [1.807, 2.05) is 72.8 Å². The molecule has 0 aromatic heterocycles. The molecule has 0 fully saturated rings. The van der Waals surface area contributed by atoms with Crippen molar-refractivity contribution in [2.24, 2.45) is 0 Å². The highest BCUT2D eigenvalue weighted by molar-refractivity contribution is 7.80. The van der Waals surface area contributed by atoms with Crippen LogP contribution in [0, 0.1) is 0 Å². The summed E-state index contributed by atoms with van der Waals surface area (Å²) in [6.07, 6.45) is -0.756. The molecule has 1 N–H and O–H groups in total. The molecule has 4 heteroatoms. The molecule has 0 bridgehead atoms. The summed E-state index contributed by atoms with van der Waals surface area (Å²) >= 11 is 4.39. The Hall–Kier alpha value is -2.56. The number of benzene rings is 3. The molecule has 26 heavy (non-hydrogen) atoms. The van der Waals surface area contributed by atoms with E-state index in [2.05, 4.69) is 12.6 Å². The molecule has 1 atom stereocenters. The van der Waals surface area contributed by atoms with Gasteiger partial charge >= 0.3 is 0 Å². The number of aliphatic hydroxyl groups excluding tert-OH is 1. The molecule has 3 rings (SSSR count). The minimum Gasteiger partial charge on any atom is -0.429 e. The first-order valence-electron chi connectivity index (χ1n) is 8.34. The van der Waals surface area contributed by atoms with Gasteiger partial charge in [0.25, 0.3) is 6.47 Å². The van der Waals surface area contributed by atoms with Crippen LogP contribution in [-0.2, 0) is 10.2 Å². The third-order valence-electron chi connectivity index (χ3n) is 4.62. The molecule has 3 aromatic rings. The lowest BCUT2D eigenvalue weighted by molar-refractivity contribution is -0.120. The fourth-order valence-corrected chi connectivity index (χ4v) is 3.74. The number of hydrogen-bond acceptors (Lipinski definition) is 4. The van der Waals surface area contributed by atoms with Gasteiger partial charge in [-0.05, 0) is 28.8 Å². The maximum atomic E-state index is 11.1. The molecule has 0 unspecified atom stereocenters. The van der Waals surface area contributed by atoms with Crippen molar-refractivity contribution in [3.63, 3.8) is 0 Å². The van der Waals surface area contributed by atoms with Gasteiger partial charge in [0.2, 0.25) is 0 Å². The molecule has 3 nitrogen and oxygen atoms in total. The zero-order valence-corrected chi connectivity index (χ0v) is 15.1. The summed E-state index contributed by atoms with van der Waals surface area (Å²) in [4.78, 5) is 10.6. The largest absolute Gasteiger partial charge is 0.429 e. The fraction of sp³-hybridized carbons (Fsp3) is 0.136. The van der Waals surface area contributed by atoms with E-state index in [0.29, 0.717) is 12.2 Å².